The number of hydrogen-bond donors (Lipinski definition) is 1. The van der Waals surface area contributed by atoms with Gasteiger partial charge in [0.1, 0.15) is 0 Å². The fourth-order valence-corrected chi connectivity index (χ4v) is 4.57. The van der Waals surface area contributed by atoms with E-state index in [0.29, 0.717) is 6.04 Å². The molecule has 0 bridgehead atoms. The molecule has 0 saturated heterocycles. The van der Waals surface area contributed by atoms with Crippen molar-refractivity contribution < 1.29 is 0 Å². The minimum absolute atomic E-state index is 0.303. The predicted octanol–water partition coefficient (Wildman–Crippen LogP) is 4.64. The molecule has 15 heavy (non-hydrogen) atoms. The van der Waals surface area contributed by atoms with E-state index in [-0.39, 0.29) is 0 Å². The smallest absolute Gasteiger partial charge is 0.0763 e. The molecule has 2 rings (SSSR count). The van der Waals surface area contributed by atoms with E-state index < -0.39 is 0 Å². The number of rotatable bonds is 3. The molecule has 0 saturated carbocycles. The number of halogens is 2. The highest BCUT2D eigenvalue weighted by molar-refractivity contribution is 9.11. The van der Waals surface area contributed by atoms with Gasteiger partial charge in [0.15, 0.2) is 0 Å². The van der Waals surface area contributed by atoms with Gasteiger partial charge in [0.05, 0.1) is 13.6 Å². The van der Waals surface area contributed by atoms with Gasteiger partial charge in [-0.3, -0.25) is 0 Å². The van der Waals surface area contributed by atoms with Crippen molar-refractivity contribution >= 4 is 54.5 Å². The van der Waals surface area contributed by atoms with Crippen LogP contribution in [0.2, 0.25) is 0 Å². The Bertz CT molecular complexity index is 409. The van der Waals surface area contributed by atoms with Crippen LogP contribution in [0.5, 0.6) is 0 Å². The Morgan fingerprint density at radius 1 is 1.00 bits per heavy atom. The average molecular weight is 367 g/mol. The topological polar surface area (TPSA) is 12.0 Å². The lowest BCUT2D eigenvalue weighted by Gasteiger charge is -2.11. The summed E-state index contributed by atoms with van der Waals surface area (Å²) >= 11 is 10.5. The van der Waals surface area contributed by atoms with Crippen molar-refractivity contribution in [2.75, 3.05) is 7.05 Å². The van der Waals surface area contributed by atoms with Gasteiger partial charge in [0.25, 0.3) is 0 Å². The van der Waals surface area contributed by atoms with E-state index in [1.165, 1.54) is 17.3 Å². The van der Waals surface area contributed by atoms with Crippen molar-refractivity contribution in [2.45, 2.75) is 6.04 Å². The highest BCUT2D eigenvalue weighted by Gasteiger charge is 2.15. The molecule has 0 unspecified atom stereocenters. The van der Waals surface area contributed by atoms with Crippen LogP contribution in [0, 0.1) is 0 Å². The number of thiophene rings is 2. The van der Waals surface area contributed by atoms with E-state index in [9.17, 15) is 0 Å². The van der Waals surface area contributed by atoms with E-state index in [1.54, 1.807) is 22.7 Å². The molecule has 0 aromatic carbocycles. The second-order valence-corrected chi connectivity index (χ2v) is 7.99. The van der Waals surface area contributed by atoms with Crippen LogP contribution in [0.15, 0.2) is 31.8 Å². The van der Waals surface area contributed by atoms with Crippen molar-refractivity contribution in [1.29, 1.82) is 0 Å². The highest BCUT2D eigenvalue weighted by atomic mass is 79.9. The Morgan fingerprint density at radius 2 is 1.47 bits per heavy atom. The maximum atomic E-state index is 3.49. The molecule has 5 heteroatoms. The third kappa shape index (κ3) is 2.71. The lowest BCUT2D eigenvalue weighted by atomic mass is 10.2. The average Bonchev–Trinajstić information content (AvgIpc) is 2.78. The lowest BCUT2D eigenvalue weighted by Crippen LogP contribution is -2.14. The minimum Gasteiger partial charge on any atom is -0.308 e. The van der Waals surface area contributed by atoms with Crippen molar-refractivity contribution in [3.05, 3.63) is 41.6 Å². The minimum atomic E-state index is 0.303. The largest absolute Gasteiger partial charge is 0.308 e. The maximum absolute atomic E-state index is 3.49. The molecule has 2 heterocycles. The lowest BCUT2D eigenvalue weighted by molar-refractivity contribution is 0.716. The third-order valence-electron chi connectivity index (χ3n) is 2.05. The van der Waals surface area contributed by atoms with Crippen LogP contribution in [0.1, 0.15) is 15.8 Å². The molecule has 0 atom stereocenters. The van der Waals surface area contributed by atoms with Gasteiger partial charge in [0.2, 0.25) is 0 Å². The normalized spacial score (nSPS) is 11.2. The van der Waals surface area contributed by atoms with Crippen LogP contribution in [0.4, 0.5) is 0 Å². The SMILES string of the molecule is CNC(c1ccc(Br)s1)c1ccc(Br)s1. The number of nitrogens with one attached hydrogen (secondary N) is 1. The van der Waals surface area contributed by atoms with Gasteiger partial charge in [-0.2, -0.15) is 0 Å². The summed E-state index contributed by atoms with van der Waals surface area (Å²) in [6.07, 6.45) is 0. The summed E-state index contributed by atoms with van der Waals surface area (Å²) in [5.41, 5.74) is 0. The summed E-state index contributed by atoms with van der Waals surface area (Å²) in [6.45, 7) is 0. The predicted molar refractivity (Wildman–Crippen MR) is 74.9 cm³/mol. The molecule has 0 spiro atoms. The van der Waals surface area contributed by atoms with Crippen molar-refractivity contribution in [3.8, 4) is 0 Å². The van der Waals surface area contributed by atoms with Crippen molar-refractivity contribution in [1.82, 2.24) is 5.32 Å². The molecule has 2 aromatic rings. The summed E-state index contributed by atoms with van der Waals surface area (Å²) in [6, 6.07) is 8.80. The Labute approximate surface area is 114 Å². The first-order valence-electron chi connectivity index (χ1n) is 4.38. The molecule has 1 nitrogen and oxygen atoms in total. The number of hydrogen-bond acceptors (Lipinski definition) is 3. The molecule has 1 N–H and O–H groups in total. The van der Waals surface area contributed by atoms with Crippen LogP contribution < -0.4 is 5.32 Å². The van der Waals surface area contributed by atoms with E-state index in [4.69, 9.17) is 0 Å². The summed E-state index contributed by atoms with van der Waals surface area (Å²) in [4.78, 5) is 2.66. The Kier molecular flexibility index (Phi) is 4.01. The molecular weight excluding hydrogens is 358 g/mol. The molecule has 0 amide bonds. The standard InChI is InChI=1S/C10H9Br2NS2/c1-13-10(6-2-4-8(11)14-6)7-3-5-9(12)15-7/h2-5,10,13H,1H3. The van der Waals surface area contributed by atoms with Gasteiger partial charge in [-0.25, -0.2) is 0 Å². The van der Waals surface area contributed by atoms with Gasteiger partial charge >= 0.3 is 0 Å². The fourth-order valence-electron chi connectivity index (χ4n) is 1.39. The molecule has 0 fully saturated rings. The monoisotopic (exact) mass is 365 g/mol. The zero-order valence-corrected chi connectivity index (χ0v) is 12.8. The van der Waals surface area contributed by atoms with E-state index in [2.05, 4.69) is 61.4 Å². The van der Waals surface area contributed by atoms with E-state index in [0.717, 1.165) is 0 Å². The zero-order chi connectivity index (χ0) is 10.8. The Morgan fingerprint density at radius 3 is 1.73 bits per heavy atom. The highest BCUT2D eigenvalue weighted by Crippen LogP contribution is 2.35. The summed E-state index contributed by atoms with van der Waals surface area (Å²) < 4.78 is 2.35. The van der Waals surface area contributed by atoms with Gasteiger partial charge in [-0.05, 0) is 63.2 Å². The Hall–Kier alpha value is 0.320. The molecule has 80 valence electrons. The van der Waals surface area contributed by atoms with Gasteiger partial charge < -0.3 is 5.32 Å². The van der Waals surface area contributed by atoms with Crippen molar-refractivity contribution in [3.63, 3.8) is 0 Å². The molecular formula is C10H9Br2NS2. The van der Waals surface area contributed by atoms with Gasteiger partial charge in [-0.15, -0.1) is 22.7 Å². The molecule has 0 aliphatic carbocycles. The molecule has 0 aliphatic heterocycles. The maximum Gasteiger partial charge on any atom is 0.0763 e. The van der Waals surface area contributed by atoms with Gasteiger partial charge in [-0.1, -0.05) is 0 Å². The quantitative estimate of drug-likeness (QED) is 0.833. The second-order valence-electron chi connectivity index (χ2n) is 3.01. The zero-order valence-electron chi connectivity index (χ0n) is 7.96. The van der Waals surface area contributed by atoms with Crippen LogP contribution >= 0.6 is 54.5 Å². The van der Waals surface area contributed by atoms with Crippen LogP contribution in [0.25, 0.3) is 0 Å². The molecule has 2 aromatic heterocycles. The second kappa shape index (κ2) is 5.10. The first-order chi connectivity index (χ1) is 7.20. The van der Waals surface area contributed by atoms with Crippen LogP contribution in [0.3, 0.4) is 0 Å². The summed E-state index contributed by atoms with van der Waals surface area (Å²) in [5.74, 6) is 0. The van der Waals surface area contributed by atoms with Crippen molar-refractivity contribution in [2.24, 2.45) is 0 Å². The Balaban J connectivity index is 2.32. The van der Waals surface area contributed by atoms with E-state index in [1.807, 2.05) is 7.05 Å². The fraction of sp³-hybridized carbons (Fsp3) is 0.200. The molecule has 0 aliphatic rings. The van der Waals surface area contributed by atoms with Crippen LogP contribution in [-0.4, -0.2) is 7.05 Å². The summed E-state index contributed by atoms with van der Waals surface area (Å²) in [7, 11) is 1.99. The first-order valence-corrected chi connectivity index (χ1v) is 7.60. The third-order valence-corrected chi connectivity index (χ3v) is 5.42. The van der Waals surface area contributed by atoms with E-state index >= 15 is 0 Å². The first kappa shape index (κ1) is 11.8. The summed E-state index contributed by atoms with van der Waals surface area (Å²) in [5, 5.41) is 3.34. The molecule has 0 radical (unpaired) electrons. The van der Waals surface area contributed by atoms with Gasteiger partial charge in [0, 0.05) is 9.75 Å². The van der Waals surface area contributed by atoms with Crippen LogP contribution in [-0.2, 0) is 0 Å².